The molecule has 1 aliphatic carbocycles. The molecular formula is C30H30O3. The lowest BCUT2D eigenvalue weighted by Gasteiger charge is -2.29. The molecule has 0 spiro atoms. The predicted molar refractivity (Wildman–Crippen MR) is 130 cm³/mol. The first-order valence-corrected chi connectivity index (χ1v) is 12.0. The molecular weight excluding hydrogens is 408 g/mol. The number of hydrogen-bond donors (Lipinski definition) is 1. The minimum absolute atomic E-state index is 0.106. The number of aliphatic hydroxyl groups excluding tert-OH is 1. The van der Waals surface area contributed by atoms with Crippen LogP contribution in [0.15, 0.2) is 102 Å². The van der Waals surface area contributed by atoms with E-state index in [0.717, 1.165) is 36.8 Å². The van der Waals surface area contributed by atoms with Crippen molar-refractivity contribution in [2.45, 2.75) is 50.0 Å². The lowest BCUT2D eigenvalue weighted by molar-refractivity contribution is -0.149. The van der Waals surface area contributed by atoms with Crippen molar-refractivity contribution in [3.05, 3.63) is 119 Å². The number of carbonyl (C=O) groups excluding carboxylic acids is 1. The quantitative estimate of drug-likeness (QED) is 0.385. The second kappa shape index (κ2) is 9.27. The SMILES string of the molecule is O=C1OC(CCCc2ccccc2)(Cc2ccccc2)C(O)=C1C(c1ccccc1)C1CC1. The highest BCUT2D eigenvalue weighted by Crippen LogP contribution is 2.51. The van der Waals surface area contributed by atoms with E-state index >= 15 is 0 Å². The molecule has 0 saturated heterocycles. The number of aliphatic hydroxyl groups is 1. The molecule has 0 aromatic heterocycles. The number of esters is 1. The maximum Gasteiger partial charge on any atom is 0.339 e. The van der Waals surface area contributed by atoms with E-state index < -0.39 is 5.60 Å². The molecule has 1 aliphatic heterocycles. The zero-order chi connectivity index (χ0) is 22.7. The third-order valence-corrected chi connectivity index (χ3v) is 6.98. The molecule has 2 aliphatic rings. The van der Waals surface area contributed by atoms with Crippen molar-refractivity contribution < 1.29 is 14.6 Å². The lowest BCUT2D eigenvalue weighted by atomic mass is 9.81. The van der Waals surface area contributed by atoms with E-state index in [2.05, 4.69) is 24.3 Å². The lowest BCUT2D eigenvalue weighted by Crippen LogP contribution is -2.35. The number of aryl methyl sites for hydroxylation is 1. The van der Waals surface area contributed by atoms with Crippen LogP contribution >= 0.6 is 0 Å². The summed E-state index contributed by atoms with van der Waals surface area (Å²) in [5.41, 5.74) is 2.85. The summed E-state index contributed by atoms with van der Waals surface area (Å²) >= 11 is 0. The molecule has 3 aromatic rings. The van der Waals surface area contributed by atoms with E-state index in [1.54, 1.807) is 0 Å². The number of benzene rings is 3. The molecule has 3 heteroatoms. The Morgan fingerprint density at radius 1 is 0.848 bits per heavy atom. The highest BCUT2D eigenvalue weighted by Gasteiger charge is 2.52. The van der Waals surface area contributed by atoms with Gasteiger partial charge in [-0.1, -0.05) is 91.0 Å². The van der Waals surface area contributed by atoms with Crippen LogP contribution in [0.5, 0.6) is 0 Å². The molecule has 3 nitrogen and oxygen atoms in total. The molecule has 1 heterocycles. The summed E-state index contributed by atoms with van der Waals surface area (Å²) < 4.78 is 6.13. The Labute approximate surface area is 195 Å². The van der Waals surface area contributed by atoms with Crippen molar-refractivity contribution in [3.8, 4) is 0 Å². The minimum atomic E-state index is -1.01. The number of rotatable bonds is 9. The van der Waals surface area contributed by atoms with Crippen LogP contribution in [-0.4, -0.2) is 16.7 Å². The van der Waals surface area contributed by atoms with Gasteiger partial charge in [0.15, 0.2) is 5.60 Å². The molecule has 33 heavy (non-hydrogen) atoms. The fourth-order valence-electron chi connectivity index (χ4n) is 5.19. The van der Waals surface area contributed by atoms with E-state index in [-0.39, 0.29) is 17.6 Å². The predicted octanol–water partition coefficient (Wildman–Crippen LogP) is 6.55. The largest absolute Gasteiger partial charge is 0.507 e. The molecule has 1 fully saturated rings. The zero-order valence-electron chi connectivity index (χ0n) is 18.8. The smallest absolute Gasteiger partial charge is 0.339 e. The average Bonchev–Trinajstić information content (AvgIpc) is 3.65. The van der Waals surface area contributed by atoms with E-state index in [0.29, 0.717) is 24.3 Å². The first-order valence-electron chi connectivity index (χ1n) is 12.0. The van der Waals surface area contributed by atoms with Gasteiger partial charge in [0.1, 0.15) is 5.76 Å². The van der Waals surface area contributed by atoms with E-state index in [1.807, 2.05) is 66.7 Å². The normalized spacial score (nSPS) is 21.2. The molecule has 168 valence electrons. The van der Waals surface area contributed by atoms with Gasteiger partial charge in [0.25, 0.3) is 0 Å². The molecule has 1 N–H and O–H groups in total. The Hall–Kier alpha value is -3.33. The molecule has 3 aromatic carbocycles. The van der Waals surface area contributed by atoms with Crippen LogP contribution in [0.3, 0.4) is 0 Å². The fraction of sp³-hybridized carbons (Fsp3) is 0.300. The highest BCUT2D eigenvalue weighted by atomic mass is 16.6. The van der Waals surface area contributed by atoms with E-state index in [9.17, 15) is 9.90 Å². The van der Waals surface area contributed by atoms with Gasteiger partial charge in [0.05, 0.1) is 5.57 Å². The number of hydrogen-bond acceptors (Lipinski definition) is 3. The first kappa shape index (κ1) is 21.5. The molecule has 0 radical (unpaired) electrons. The van der Waals surface area contributed by atoms with Gasteiger partial charge in [-0.3, -0.25) is 0 Å². The molecule has 5 rings (SSSR count). The van der Waals surface area contributed by atoms with Crippen LogP contribution in [0.25, 0.3) is 0 Å². The van der Waals surface area contributed by atoms with Crippen LogP contribution < -0.4 is 0 Å². The van der Waals surface area contributed by atoms with Gasteiger partial charge in [-0.2, -0.15) is 0 Å². The summed E-state index contributed by atoms with van der Waals surface area (Å²) in [4.78, 5) is 13.3. The van der Waals surface area contributed by atoms with Crippen LogP contribution in [0.2, 0.25) is 0 Å². The van der Waals surface area contributed by atoms with Crippen LogP contribution in [0, 0.1) is 5.92 Å². The zero-order valence-corrected chi connectivity index (χ0v) is 18.8. The molecule has 2 atom stereocenters. The summed E-state index contributed by atoms with van der Waals surface area (Å²) in [6.45, 7) is 0. The number of ether oxygens (including phenoxy) is 1. The second-order valence-electron chi connectivity index (χ2n) is 9.37. The van der Waals surface area contributed by atoms with Crippen molar-refractivity contribution in [1.82, 2.24) is 0 Å². The summed E-state index contributed by atoms with van der Waals surface area (Å²) in [7, 11) is 0. The van der Waals surface area contributed by atoms with Crippen molar-refractivity contribution in [2.75, 3.05) is 0 Å². The van der Waals surface area contributed by atoms with Crippen LogP contribution in [0.1, 0.15) is 48.3 Å². The van der Waals surface area contributed by atoms with E-state index in [4.69, 9.17) is 4.74 Å². The number of carbonyl (C=O) groups is 1. The summed E-state index contributed by atoms with van der Waals surface area (Å²) in [5, 5.41) is 11.7. The minimum Gasteiger partial charge on any atom is -0.507 e. The third-order valence-electron chi connectivity index (χ3n) is 6.98. The van der Waals surface area contributed by atoms with Gasteiger partial charge in [-0.05, 0) is 54.7 Å². The average molecular weight is 439 g/mol. The standard InChI is InChI=1S/C30H30O3/c31-28-27(26(25-18-19-25)24-16-8-3-9-17-24)29(32)33-30(28,21-23-13-6-2-7-14-23)20-10-15-22-11-4-1-5-12-22/h1-9,11-14,16-17,25-26,31H,10,15,18-21H2. The Morgan fingerprint density at radius 3 is 2.03 bits per heavy atom. The Balaban J connectivity index is 1.49. The van der Waals surface area contributed by atoms with Gasteiger partial charge >= 0.3 is 5.97 Å². The van der Waals surface area contributed by atoms with Gasteiger partial charge in [-0.25, -0.2) is 4.79 Å². The van der Waals surface area contributed by atoms with Crippen molar-refractivity contribution in [2.24, 2.45) is 5.92 Å². The first-order chi connectivity index (χ1) is 16.2. The Bertz CT molecular complexity index is 1120. The topological polar surface area (TPSA) is 46.5 Å². The van der Waals surface area contributed by atoms with Gasteiger partial charge < -0.3 is 9.84 Å². The Kier molecular flexibility index (Phi) is 6.04. The van der Waals surface area contributed by atoms with Crippen molar-refractivity contribution in [3.63, 3.8) is 0 Å². The van der Waals surface area contributed by atoms with Gasteiger partial charge in [0.2, 0.25) is 0 Å². The summed E-state index contributed by atoms with van der Waals surface area (Å²) in [6.07, 6.45) is 4.91. The monoisotopic (exact) mass is 438 g/mol. The fourth-order valence-corrected chi connectivity index (χ4v) is 5.19. The maximum absolute atomic E-state index is 13.3. The van der Waals surface area contributed by atoms with Crippen molar-refractivity contribution >= 4 is 5.97 Å². The van der Waals surface area contributed by atoms with Crippen LogP contribution in [-0.2, 0) is 22.4 Å². The number of cyclic esters (lactones) is 1. The highest BCUT2D eigenvalue weighted by molar-refractivity contribution is 5.94. The van der Waals surface area contributed by atoms with Crippen LogP contribution in [0.4, 0.5) is 0 Å². The van der Waals surface area contributed by atoms with Gasteiger partial charge in [0, 0.05) is 12.3 Å². The van der Waals surface area contributed by atoms with E-state index in [1.165, 1.54) is 5.56 Å². The molecule has 2 unspecified atom stereocenters. The summed E-state index contributed by atoms with van der Waals surface area (Å²) in [6, 6.07) is 30.5. The van der Waals surface area contributed by atoms with Gasteiger partial charge in [-0.15, -0.1) is 0 Å². The van der Waals surface area contributed by atoms with Crippen molar-refractivity contribution in [1.29, 1.82) is 0 Å². The third kappa shape index (κ3) is 4.59. The maximum atomic E-state index is 13.3. The summed E-state index contributed by atoms with van der Waals surface area (Å²) in [5.74, 6) is 0.0634. The molecule has 0 amide bonds. The molecule has 1 saturated carbocycles. The Morgan fingerprint density at radius 2 is 1.42 bits per heavy atom. The molecule has 0 bridgehead atoms. The second-order valence-corrected chi connectivity index (χ2v) is 9.37.